The van der Waals surface area contributed by atoms with Gasteiger partial charge in [0.05, 0.1) is 36.1 Å². The Morgan fingerprint density at radius 1 is 1.19 bits per heavy atom. The third-order valence-electron chi connectivity index (χ3n) is 4.76. The predicted octanol–water partition coefficient (Wildman–Crippen LogP) is 4.59. The largest absolute Gasteiger partial charge is 0.497 e. The Morgan fingerprint density at radius 3 is 2.68 bits per heavy atom. The Balaban J connectivity index is 2.06. The van der Waals surface area contributed by atoms with Crippen molar-refractivity contribution in [3.05, 3.63) is 69.3 Å². The number of nitrogens with one attached hydrogen (secondary N) is 1. The number of amides is 2. The van der Waals surface area contributed by atoms with E-state index in [2.05, 4.69) is 5.32 Å². The van der Waals surface area contributed by atoms with Crippen LogP contribution < -0.4 is 14.8 Å². The summed E-state index contributed by atoms with van der Waals surface area (Å²) in [5, 5.41) is 3.65. The van der Waals surface area contributed by atoms with Crippen LogP contribution in [0.5, 0.6) is 11.5 Å². The van der Waals surface area contributed by atoms with Crippen molar-refractivity contribution in [1.29, 1.82) is 0 Å². The molecule has 2 aromatic rings. The minimum atomic E-state index is -0.744. The van der Waals surface area contributed by atoms with E-state index in [9.17, 15) is 9.59 Å². The summed E-state index contributed by atoms with van der Waals surface area (Å²) in [4.78, 5) is 27.0. The second kappa shape index (κ2) is 9.94. The number of carbonyl (C=O) groups is 2. The van der Waals surface area contributed by atoms with E-state index >= 15 is 0 Å². The molecule has 0 bridgehead atoms. The number of carbonyl (C=O) groups excluding carboxylic acids is 2. The topological polar surface area (TPSA) is 77.1 Å². The quantitative estimate of drug-likeness (QED) is 0.606. The molecule has 0 unspecified atom stereocenters. The molecule has 31 heavy (non-hydrogen) atoms. The van der Waals surface area contributed by atoms with Crippen LogP contribution in [0.1, 0.15) is 18.5 Å². The minimum Gasteiger partial charge on any atom is -0.497 e. The van der Waals surface area contributed by atoms with Gasteiger partial charge in [-0.3, -0.25) is 4.90 Å². The number of halogens is 2. The number of hydrogen-bond donors (Lipinski definition) is 1. The van der Waals surface area contributed by atoms with E-state index in [1.165, 1.54) is 4.90 Å². The lowest BCUT2D eigenvalue weighted by Gasteiger charge is -2.34. The van der Waals surface area contributed by atoms with Gasteiger partial charge in [0, 0.05) is 18.1 Å². The first-order valence-corrected chi connectivity index (χ1v) is 10.3. The number of rotatable bonds is 7. The van der Waals surface area contributed by atoms with Gasteiger partial charge in [-0.05, 0) is 36.8 Å². The summed E-state index contributed by atoms with van der Waals surface area (Å²) >= 11 is 12.2. The summed E-state index contributed by atoms with van der Waals surface area (Å²) in [6.45, 7) is 1.80. The highest BCUT2D eigenvalue weighted by atomic mass is 35.5. The van der Waals surface area contributed by atoms with Crippen LogP contribution in [0.4, 0.5) is 4.79 Å². The Morgan fingerprint density at radius 2 is 1.97 bits per heavy atom. The van der Waals surface area contributed by atoms with Gasteiger partial charge < -0.3 is 19.5 Å². The molecule has 2 aromatic carbocycles. The highest BCUT2D eigenvalue weighted by Gasteiger charge is 2.37. The van der Waals surface area contributed by atoms with Gasteiger partial charge in [0.25, 0.3) is 0 Å². The van der Waals surface area contributed by atoms with Gasteiger partial charge in [0.1, 0.15) is 18.1 Å². The van der Waals surface area contributed by atoms with Crippen LogP contribution in [0.25, 0.3) is 0 Å². The van der Waals surface area contributed by atoms with Crippen molar-refractivity contribution in [2.24, 2.45) is 0 Å². The molecule has 1 heterocycles. The summed E-state index contributed by atoms with van der Waals surface area (Å²) in [7, 11) is 3.09. The van der Waals surface area contributed by atoms with Crippen LogP contribution in [0.15, 0.2) is 53.7 Å². The maximum atomic E-state index is 12.9. The molecule has 0 spiro atoms. The number of benzene rings is 2. The Labute approximate surface area is 190 Å². The van der Waals surface area contributed by atoms with Crippen LogP contribution >= 0.6 is 23.2 Å². The third kappa shape index (κ3) is 5.06. The molecule has 1 aliphatic heterocycles. The average Bonchev–Trinajstić information content (AvgIpc) is 2.76. The summed E-state index contributed by atoms with van der Waals surface area (Å²) < 4.78 is 16.4. The van der Waals surface area contributed by atoms with Gasteiger partial charge in [-0.1, -0.05) is 35.3 Å². The van der Waals surface area contributed by atoms with Gasteiger partial charge in [-0.25, -0.2) is 9.59 Å². The lowest BCUT2D eigenvalue weighted by Crippen LogP contribution is -2.48. The van der Waals surface area contributed by atoms with Crippen LogP contribution in [0.3, 0.4) is 0 Å². The summed E-state index contributed by atoms with van der Waals surface area (Å²) in [5.74, 6) is 0.373. The SMILES string of the molecule is CCOC(=O)C1=C(COc2cc(Cl)ccc2Cl)N(C)C(=O)N[C@@H]1c1cccc(OC)c1. The van der Waals surface area contributed by atoms with Gasteiger partial charge in [-0.15, -0.1) is 0 Å². The number of esters is 1. The minimum absolute atomic E-state index is 0.0986. The smallest absolute Gasteiger partial charge is 0.338 e. The second-order valence-electron chi connectivity index (χ2n) is 6.66. The van der Waals surface area contributed by atoms with Crippen LogP contribution in [-0.4, -0.2) is 44.3 Å². The number of ether oxygens (including phenoxy) is 3. The maximum absolute atomic E-state index is 12.9. The van der Waals surface area contributed by atoms with Crippen LogP contribution in [-0.2, 0) is 9.53 Å². The average molecular weight is 465 g/mol. The van der Waals surface area contributed by atoms with E-state index < -0.39 is 18.0 Å². The molecular weight excluding hydrogens is 443 g/mol. The molecule has 1 aliphatic rings. The van der Waals surface area contributed by atoms with Gasteiger partial charge >= 0.3 is 12.0 Å². The van der Waals surface area contributed by atoms with E-state index in [0.717, 1.165) is 0 Å². The lowest BCUT2D eigenvalue weighted by atomic mass is 9.94. The zero-order chi connectivity index (χ0) is 22.5. The molecular formula is C22H22Cl2N2O5. The van der Waals surface area contributed by atoms with E-state index in [1.54, 1.807) is 63.5 Å². The number of methoxy groups -OCH3 is 1. The summed E-state index contributed by atoms with van der Waals surface area (Å²) in [5.41, 5.74) is 1.28. The standard InChI is InChI=1S/C22H22Cl2N2O5/c1-4-30-21(27)19-17(12-31-18-11-14(23)8-9-16(18)24)26(2)22(28)25-20(19)13-6-5-7-15(10-13)29-3/h5-11,20H,4,12H2,1-3H3,(H,25,28)/t20-/m1/s1. The van der Waals surface area contributed by atoms with Crippen LogP contribution in [0.2, 0.25) is 10.0 Å². The lowest BCUT2D eigenvalue weighted by molar-refractivity contribution is -0.139. The van der Waals surface area contributed by atoms with Crippen molar-refractivity contribution in [3.8, 4) is 11.5 Å². The molecule has 0 aliphatic carbocycles. The predicted molar refractivity (Wildman–Crippen MR) is 118 cm³/mol. The first-order chi connectivity index (χ1) is 14.8. The zero-order valence-electron chi connectivity index (χ0n) is 17.3. The molecule has 3 rings (SSSR count). The Kier molecular flexibility index (Phi) is 7.30. The molecule has 164 valence electrons. The maximum Gasteiger partial charge on any atom is 0.338 e. The number of likely N-dealkylation sites (N-methyl/N-ethyl adjacent to an activating group) is 1. The first kappa shape index (κ1) is 22.8. The molecule has 0 fully saturated rings. The highest BCUT2D eigenvalue weighted by molar-refractivity contribution is 6.34. The molecule has 1 N–H and O–H groups in total. The molecule has 9 heteroatoms. The van der Waals surface area contributed by atoms with Crippen molar-refractivity contribution >= 4 is 35.2 Å². The Bertz CT molecular complexity index is 1020. The van der Waals surface area contributed by atoms with E-state index in [1.807, 2.05) is 0 Å². The number of hydrogen-bond acceptors (Lipinski definition) is 5. The fourth-order valence-electron chi connectivity index (χ4n) is 3.19. The fraction of sp³-hybridized carbons (Fsp3) is 0.273. The number of nitrogens with zero attached hydrogens (tertiary/aromatic N) is 1. The van der Waals surface area contributed by atoms with Crippen molar-refractivity contribution < 1.29 is 23.8 Å². The monoisotopic (exact) mass is 464 g/mol. The summed E-state index contributed by atoms with van der Waals surface area (Å²) in [6, 6.07) is 10.8. The molecule has 0 saturated carbocycles. The molecule has 7 nitrogen and oxygen atoms in total. The highest BCUT2D eigenvalue weighted by Crippen LogP contribution is 2.34. The molecule has 0 saturated heterocycles. The molecule has 0 radical (unpaired) electrons. The zero-order valence-corrected chi connectivity index (χ0v) is 18.8. The van der Waals surface area contributed by atoms with Crippen molar-refractivity contribution in [1.82, 2.24) is 10.2 Å². The van der Waals surface area contributed by atoms with Crippen molar-refractivity contribution in [3.63, 3.8) is 0 Å². The molecule has 0 aromatic heterocycles. The molecule has 2 amide bonds. The molecule has 1 atom stereocenters. The van der Waals surface area contributed by atoms with Gasteiger partial charge in [0.15, 0.2) is 0 Å². The normalized spacial score (nSPS) is 16.1. The second-order valence-corrected chi connectivity index (χ2v) is 7.51. The first-order valence-electron chi connectivity index (χ1n) is 9.51. The number of urea groups is 1. The fourth-order valence-corrected chi connectivity index (χ4v) is 3.52. The van der Waals surface area contributed by atoms with E-state index in [4.69, 9.17) is 37.4 Å². The van der Waals surface area contributed by atoms with Gasteiger partial charge in [-0.2, -0.15) is 0 Å². The summed E-state index contributed by atoms with van der Waals surface area (Å²) in [6.07, 6.45) is 0. The van der Waals surface area contributed by atoms with E-state index in [-0.39, 0.29) is 18.8 Å². The Hall–Kier alpha value is -2.90. The van der Waals surface area contributed by atoms with Crippen molar-refractivity contribution in [2.75, 3.05) is 27.4 Å². The van der Waals surface area contributed by atoms with Crippen LogP contribution in [0, 0.1) is 0 Å². The van der Waals surface area contributed by atoms with Crippen molar-refractivity contribution in [2.45, 2.75) is 13.0 Å². The van der Waals surface area contributed by atoms with E-state index in [0.29, 0.717) is 32.8 Å². The third-order valence-corrected chi connectivity index (χ3v) is 5.30. The van der Waals surface area contributed by atoms with Gasteiger partial charge in [0.2, 0.25) is 0 Å².